The first-order valence-corrected chi connectivity index (χ1v) is 10.4. The molecule has 2 aliphatic rings. The monoisotopic (exact) mass is 446 g/mol. The van der Waals surface area contributed by atoms with E-state index in [1.54, 1.807) is 0 Å². The summed E-state index contributed by atoms with van der Waals surface area (Å²) in [6.07, 6.45) is -0.0481. The zero-order chi connectivity index (χ0) is 20.0. The minimum absolute atomic E-state index is 0.0368. The van der Waals surface area contributed by atoms with Gasteiger partial charge in [0.1, 0.15) is 5.75 Å². The predicted octanol–water partition coefficient (Wildman–Crippen LogP) is 5.51. The number of carbonyl (C=O) groups excluding carboxylic acids is 1. The van der Waals surface area contributed by atoms with Gasteiger partial charge in [-0.15, -0.1) is 0 Å². The summed E-state index contributed by atoms with van der Waals surface area (Å²) in [5.41, 5.74) is 4.92. The second-order valence-electron chi connectivity index (χ2n) is 7.40. The molecule has 0 fully saturated rings. The van der Waals surface area contributed by atoms with E-state index in [2.05, 4.69) is 53.2 Å². The highest BCUT2D eigenvalue weighted by Crippen LogP contribution is 2.44. The van der Waals surface area contributed by atoms with Crippen molar-refractivity contribution >= 4 is 27.4 Å². The Labute approximate surface area is 177 Å². The lowest BCUT2D eigenvalue weighted by Gasteiger charge is -2.37. The molecule has 2 heterocycles. The molecule has 0 amide bonds. The molecule has 5 rings (SSSR count). The van der Waals surface area contributed by atoms with Gasteiger partial charge in [0.15, 0.2) is 0 Å². The number of ketones is 1. The first-order chi connectivity index (χ1) is 14.1. The van der Waals surface area contributed by atoms with Crippen LogP contribution in [0.4, 0.5) is 0 Å². The van der Waals surface area contributed by atoms with Gasteiger partial charge in [0, 0.05) is 22.0 Å². The van der Waals surface area contributed by atoms with Crippen LogP contribution in [0.3, 0.4) is 0 Å². The van der Waals surface area contributed by atoms with Crippen LogP contribution in [0.1, 0.15) is 39.5 Å². The summed E-state index contributed by atoms with van der Waals surface area (Å²) in [5.74, 6) is 0.655. The topological polar surface area (TPSA) is 41.9 Å². The van der Waals surface area contributed by atoms with Gasteiger partial charge >= 0.3 is 0 Å². The fourth-order valence-electron chi connectivity index (χ4n) is 3.90. The molecule has 0 saturated heterocycles. The van der Waals surface area contributed by atoms with Crippen LogP contribution >= 0.6 is 15.9 Å². The summed E-state index contributed by atoms with van der Waals surface area (Å²) in [6, 6.07) is 23.5. The number of Topliss-reactive ketones (excluding diaryl/α,β-unsaturated/α-hetero) is 1. The Morgan fingerprint density at radius 3 is 2.59 bits per heavy atom. The van der Waals surface area contributed by atoms with Crippen molar-refractivity contribution < 1.29 is 9.53 Å². The van der Waals surface area contributed by atoms with Crippen molar-refractivity contribution in [2.75, 3.05) is 0 Å². The summed E-state index contributed by atoms with van der Waals surface area (Å²) in [7, 11) is 0. The van der Waals surface area contributed by atoms with Crippen molar-refractivity contribution in [3.8, 4) is 5.75 Å². The van der Waals surface area contributed by atoms with Gasteiger partial charge in [-0.25, -0.2) is 5.01 Å². The lowest BCUT2D eigenvalue weighted by atomic mass is 9.95. The minimum atomic E-state index is -0.779. The number of hydrazone groups is 1. The van der Waals surface area contributed by atoms with Crippen LogP contribution in [-0.4, -0.2) is 22.7 Å². The molecule has 2 atom stereocenters. The van der Waals surface area contributed by atoms with Crippen LogP contribution in [0.5, 0.6) is 5.75 Å². The number of aryl methyl sites for hydroxylation is 1. The Kier molecular flexibility index (Phi) is 4.47. The van der Waals surface area contributed by atoms with E-state index in [-0.39, 0.29) is 11.8 Å². The van der Waals surface area contributed by atoms with Crippen LogP contribution in [0, 0.1) is 6.92 Å². The number of hydrogen-bond donors (Lipinski definition) is 0. The number of ether oxygens (including phenoxy) is 1. The lowest BCUT2D eigenvalue weighted by Crippen LogP contribution is -2.45. The third-order valence-corrected chi connectivity index (χ3v) is 5.91. The average Bonchev–Trinajstić information content (AvgIpc) is 3.20. The number of halogens is 1. The molecule has 3 aromatic carbocycles. The van der Waals surface area contributed by atoms with Crippen LogP contribution in [0.25, 0.3) is 0 Å². The SMILES string of the molecule is Cc1ccc(C2=NN3[C@@H](C(=O)c4ccccc4)Oc4ccc(Br)cc4[C@@H]3C2)cc1. The summed E-state index contributed by atoms with van der Waals surface area (Å²) < 4.78 is 7.15. The smallest absolute Gasteiger partial charge is 0.251 e. The molecule has 0 saturated carbocycles. The van der Waals surface area contributed by atoms with Gasteiger partial charge in [0.05, 0.1) is 11.8 Å². The average molecular weight is 447 g/mol. The summed E-state index contributed by atoms with van der Waals surface area (Å²) >= 11 is 3.56. The fraction of sp³-hybridized carbons (Fsp3) is 0.167. The first kappa shape index (κ1) is 18.1. The molecule has 0 spiro atoms. The molecule has 2 aliphatic heterocycles. The number of hydrogen-bond acceptors (Lipinski definition) is 4. The molecule has 0 unspecified atom stereocenters. The van der Waals surface area contributed by atoms with Crippen molar-refractivity contribution in [1.29, 1.82) is 0 Å². The summed E-state index contributed by atoms with van der Waals surface area (Å²) in [5, 5.41) is 6.69. The normalized spacial score (nSPS) is 19.8. The van der Waals surface area contributed by atoms with Crippen LogP contribution in [0.2, 0.25) is 0 Å². The van der Waals surface area contributed by atoms with E-state index in [1.165, 1.54) is 5.56 Å². The summed E-state index contributed by atoms with van der Waals surface area (Å²) in [4.78, 5) is 13.3. The molecule has 29 heavy (non-hydrogen) atoms. The number of fused-ring (bicyclic) bond motifs is 3. The number of benzene rings is 3. The molecule has 0 bridgehead atoms. The molecule has 0 aliphatic carbocycles. The molecule has 0 aromatic heterocycles. The van der Waals surface area contributed by atoms with E-state index in [0.29, 0.717) is 5.56 Å². The van der Waals surface area contributed by atoms with Gasteiger partial charge in [-0.05, 0) is 30.7 Å². The molecule has 0 N–H and O–H groups in total. The third kappa shape index (κ3) is 3.25. The van der Waals surface area contributed by atoms with E-state index in [4.69, 9.17) is 9.84 Å². The molecular formula is C24H19BrN2O2. The van der Waals surface area contributed by atoms with Gasteiger partial charge in [0.25, 0.3) is 6.23 Å². The van der Waals surface area contributed by atoms with Crippen molar-refractivity contribution in [3.05, 3.63) is 99.5 Å². The van der Waals surface area contributed by atoms with E-state index in [9.17, 15) is 4.79 Å². The van der Waals surface area contributed by atoms with Crippen LogP contribution in [0.15, 0.2) is 82.4 Å². The third-order valence-electron chi connectivity index (χ3n) is 5.42. The van der Waals surface area contributed by atoms with Crippen LogP contribution < -0.4 is 4.74 Å². The minimum Gasteiger partial charge on any atom is -0.461 e. The Bertz CT molecular complexity index is 1110. The van der Waals surface area contributed by atoms with Gasteiger partial charge in [0.2, 0.25) is 5.78 Å². The van der Waals surface area contributed by atoms with Crippen molar-refractivity contribution in [2.45, 2.75) is 25.6 Å². The van der Waals surface area contributed by atoms with Crippen molar-refractivity contribution in [1.82, 2.24) is 5.01 Å². The van der Waals surface area contributed by atoms with Gasteiger partial charge in [-0.3, -0.25) is 4.79 Å². The van der Waals surface area contributed by atoms with E-state index < -0.39 is 6.23 Å². The Hall–Kier alpha value is -2.92. The summed E-state index contributed by atoms with van der Waals surface area (Å²) in [6.45, 7) is 2.07. The highest BCUT2D eigenvalue weighted by atomic mass is 79.9. The van der Waals surface area contributed by atoms with Gasteiger partial charge in [-0.2, -0.15) is 5.10 Å². The van der Waals surface area contributed by atoms with Crippen LogP contribution in [-0.2, 0) is 0 Å². The quantitative estimate of drug-likeness (QED) is 0.498. The van der Waals surface area contributed by atoms with Crippen molar-refractivity contribution in [2.24, 2.45) is 5.10 Å². The second-order valence-corrected chi connectivity index (χ2v) is 8.31. The van der Waals surface area contributed by atoms with Gasteiger partial charge < -0.3 is 4.74 Å². The lowest BCUT2D eigenvalue weighted by molar-refractivity contribution is -0.00459. The second kappa shape index (κ2) is 7.16. The maximum Gasteiger partial charge on any atom is 0.251 e. The molecule has 4 nitrogen and oxygen atoms in total. The largest absolute Gasteiger partial charge is 0.461 e. The standard InChI is InChI=1S/C24H19BrN2O2/c1-15-7-9-16(10-8-15)20-14-21-19-13-18(25)11-12-22(19)29-24(27(21)26-20)23(28)17-5-3-2-4-6-17/h2-13,21,24H,14H2,1H3/t21-,24+/m0/s1. The Morgan fingerprint density at radius 1 is 1.07 bits per heavy atom. The highest BCUT2D eigenvalue weighted by Gasteiger charge is 2.43. The zero-order valence-electron chi connectivity index (χ0n) is 15.9. The fourth-order valence-corrected chi connectivity index (χ4v) is 4.28. The highest BCUT2D eigenvalue weighted by molar-refractivity contribution is 9.10. The van der Waals surface area contributed by atoms with E-state index in [0.717, 1.165) is 33.5 Å². The van der Waals surface area contributed by atoms with E-state index in [1.807, 2.05) is 47.5 Å². The van der Waals surface area contributed by atoms with Crippen molar-refractivity contribution in [3.63, 3.8) is 0 Å². The number of carbonyl (C=O) groups is 1. The number of nitrogens with zero attached hydrogens (tertiary/aromatic N) is 2. The first-order valence-electron chi connectivity index (χ1n) is 9.58. The Morgan fingerprint density at radius 2 is 1.83 bits per heavy atom. The Balaban J connectivity index is 1.58. The molecule has 5 heteroatoms. The molecule has 3 aromatic rings. The van der Waals surface area contributed by atoms with E-state index >= 15 is 0 Å². The maximum absolute atomic E-state index is 13.3. The maximum atomic E-state index is 13.3. The van der Waals surface area contributed by atoms with Gasteiger partial charge in [-0.1, -0.05) is 76.1 Å². The molecular weight excluding hydrogens is 428 g/mol. The molecule has 0 radical (unpaired) electrons. The predicted molar refractivity (Wildman–Crippen MR) is 116 cm³/mol. The molecule has 144 valence electrons. The zero-order valence-corrected chi connectivity index (χ0v) is 17.5. The number of rotatable bonds is 3.